The number of hydrogen-bond acceptors (Lipinski definition) is 1. The summed E-state index contributed by atoms with van der Waals surface area (Å²) < 4.78 is 62.6. The van der Waals surface area contributed by atoms with Gasteiger partial charge in [0.05, 0.1) is 5.60 Å². The summed E-state index contributed by atoms with van der Waals surface area (Å²) in [5, 5.41) is 0. The number of halogens is 4. The molecule has 1 aromatic rings. The first-order valence-electron chi connectivity index (χ1n) is 7.74. The summed E-state index contributed by atoms with van der Waals surface area (Å²) in [7, 11) is 0. The summed E-state index contributed by atoms with van der Waals surface area (Å²) in [6.07, 6.45) is 7.60. The lowest BCUT2D eigenvalue weighted by molar-refractivity contribution is 0.253. The van der Waals surface area contributed by atoms with Gasteiger partial charge in [0, 0.05) is 23.0 Å². The SMILES string of the molecule is CC1(C)OC12[C@@H]1c3c(F)c(F)c(F)c(F)c3[C@H]2[C@H]2C=CC=C[C@@H]21. The smallest absolute Gasteiger partial charge is 0.197 e. The highest BCUT2D eigenvalue weighted by Crippen LogP contribution is 2.78. The first-order chi connectivity index (χ1) is 10.8. The fraction of sp³-hybridized carbons (Fsp3) is 0.444. The Balaban J connectivity index is 1.86. The number of hydrogen-bond donors (Lipinski definition) is 0. The van der Waals surface area contributed by atoms with E-state index in [4.69, 9.17) is 4.74 Å². The van der Waals surface area contributed by atoms with E-state index in [-0.39, 0.29) is 23.0 Å². The Labute approximate surface area is 130 Å². The van der Waals surface area contributed by atoms with E-state index in [9.17, 15) is 17.6 Å². The topological polar surface area (TPSA) is 12.5 Å². The lowest BCUT2D eigenvalue weighted by Gasteiger charge is -2.30. The van der Waals surface area contributed by atoms with Gasteiger partial charge in [0.1, 0.15) is 5.60 Å². The van der Waals surface area contributed by atoms with Crippen LogP contribution in [0.5, 0.6) is 0 Å². The number of epoxide rings is 1. The molecule has 0 amide bonds. The van der Waals surface area contributed by atoms with Gasteiger partial charge in [-0.3, -0.25) is 0 Å². The third-order valence-electron chi connectivity index (χ3n) is 6.20. The van der Waals surface area contributed by atoms with Crippen molar-refractivity contribution in [3.8, 4) is 0 Å². The van der Waals surface area contributed by atoms with Crippen molar-refractivity contribution in [2.75, 3.05) is 0 Å². The molecule has 0 N–H and O–H groups in total. The van der Waals surface area contributed by atoms with E-state index in [0.717, 1.165) is 0 Å². The maximum Gasteiger partial charge on any atom is 0.197 e. The predicted molar refractivity (Wildman–Crippen MR) is 74.9 cm³/mol. The third kappa shape index (κ3) is 1.24. The molecule has 2 bridgehead atoms. The normalized spacial score (nSPS) is 40.6. The van der Waals surface area contributed by atoms with Crippen molar-refractivity contribution in [1.29, 1.82) is 0 Å². The molecule has 1 heterocycles. The van der Waals surface area contributed by atoms with Crippen molar-refractivity contribution in [1.82, 2.24) is 0 Å². The largest absolute Gasteiger partial charge is 0.362 e. The second-order valence-electron chi connectivity index (χ2n) is 7.37. The molecule has 1 spiro atoms. The van der Waals surface area contributed by atoms with Gasteiger partial charge in [-0.05, 0) is 25.7 Å². The Morgan fingerprint density at radius 2 is 1.17 bits per heavy atom. The van der Waals surface area contributed by atoms with Crippen molar-refractivity contribution >= 4 is 0 Å². The average molecular weight is 322 g/mol. The Morgan fingerprint density at radius 3 is 1.52 bits per heavy atom. The Kier molecular flexibility index (Phi) is 2.23. The first kappa shape index (κ1) is 13.8. The van der Waals surface area contributed by atoms with Crippen molar-refractivity contribution in [2.24, 2.45) is 11.8 Å². The summed E-state index contributed by atoms with van der Waals surface area (Å²) >= 11 is 0. The second kappa shape index (κ2) is 3.72. The molecule has 1 unspecified atom stereocenters. The molecule has 5 heteroatoms. The zero-order valence-corrected chi connectivity index (χ0v) is 12.5. The molecular weight excluding hydrogens is 308 g/mol. The van der Waals surface area contributed by atoms with E-state index in [1.807, 2.05) is 38.2 Å². The molecule has 5 atom stereocenters. The molecule has 1 aliphatic heterocycles. The van der Waals surface area contributed by atoms with E-state index < -0.39 is 46.3 Å². The molecular formula is C18H14F4O. The van der Waals surface area contributed by atoms with Gasteiger partial charge in [-0.25, -0.2) is 17.6 Å². The quantitative estimate of drug-likeness (QED) is 0.299. The summed E-state index contributed by atoms with van der Waals surface area (Å²) in [5.41, 5.74) is -1.42. The molecule has 1 aromatic carbocycles. The van der Waals surface area contributed by atoms with Crippen molar-refractivity contribution in [3.05, 3.63) is 58.7 Å². The van der Waals surface area contributed by atoms with Crippen molar-refractivity contribution in [3.63, 3.8) is 0 Å². The number of fused-ring (bicyclic) bond motifs is 6. The summed E-state index contributed by atoms with van der Waals surface area (Å²) in [4.78, 5) is 0. The van der Waals surface area contributed by atoms with Gasteiger partial charge in [0.2, 0.25) is 0 Å². The maximum atomic E-state index is 14.5. The molecule has 120 valence electrons. The Hall–Kier alpha value is -1.62. The average Bonchev–Trinajstić information content (AvgIpc) is 2.85. The van der Waals surface area contributed by atoms with Crippen LogP contribution in [0, 0.1) is 35.1 Å². The zero-order chi connectivity index (χ0) is 16.3. The lowest BCUT2D eigenvalue weighted by atomic mass is 9.73. The van der Waals surface area contributed by atoms with Gasteiger partial charge >= 0.3 is 0 Å². The number of rotatable bonds is 0. The highest BCUT2D eigenvalue weighted by molar-refractivity contribution is 5.58. The van der Waals surface area contributed by atoms with Crippen molar-refractivity contribution in [2.45, 2.75) is 36.9 Å². The van der Waals surface area contributed by atoms with Gasteiger partial charge in [-0.2, -0.15) is 0 Å². The van der Waals surface area contributed by atoms with Crippen LogP contribution in [0.4, 0.5) is 17.6 Å². The molecule has 1 nitrogen and oxygen atoms in total. The molecule has 2 fully saturated rings. The molecule has 1 saturated heterocycles. The van der Waals surface area contributed by atoms with Crippen LogP contribution in [0.1, 0.15) is 36.8 Å². The number of benzene rings is 1. The van der Waals surface area contributed by atoms with Crippen LogP contribution in [0.25, 0.3) is 0 Å². The second-order valence-corrected chi connectivity index (χ2v) is 7.37. The predicted octanol–water partition coefficient (Wildman–Crippen LogP) is 4.34. The molecule has 0 aromatic heterocycles. The van der Waals surface area contributed by atoms with E-state index in [2.05, 4.69) is 0 Å². The van der Waals surface area contributed by atoms with Crippen LogP contribution < -0.4 is 0 Å². The molecule has 5 rings (SSSR count). The van der Waals surface area contributed by atoms with Crippen LogP contribution in [-0.2, 0) is 4.74 Å². The standard InChI is InChI=1S/C18H14F4O/c1-17(2)18(23-17)11-7-5-3-4-6-8(7)12(18)10-9(11)13(19)15(21)16(22)14(10)20/h3-8,11-12H,1-2H3/t7-,8-,11-,12+,18?/m0/s1. The molecule has 23 heavy (non-hydrogen) atoms. The van der Waals surface area contributed by atoms with E-state index in [1.165, 1.54) is 0 Å². The molecule has 4 aliphatic rings. The highest BCUT2D eigenvalue weighted by atomic mass is 19.2. The summed E-state index contributed by atoms with van der Waals surface area (Å²) in [5.74, 6) is -7.14. The Morgan fingerprint density at radius 1 is 0.783 bits per heavy atom. The van der Waals surface area contributed by atoms with Gasteiger partial charge in [0.25, 0.3) is 0 Å². The zero-order valence-electron chi connectivity index (χ0n) is 12.5. The molecule has 0 radical (unpaired) electrons. The molecule has 3 aliphatic carbocycles. The fourth-order valence-corrected chi connectivity index (χ4v) is 5.43. The minimum Gasteiger partial charge on any atom is -0.362 e. The number of ether oxygens (including phenoxy) is 1. The van der Waals surface area contributed by atoms with Crippen molar-refractivity contribution < 1.29 is 22.3 Å². The van der Waals surface area contributed by atoms with Crippen LogP contribution in [-0.4, -0.2) is 11.2 Å². The van der Waals surface area contributed by atoms with E-state index in [1.54, 1.807) is 0 Å². The maximum absolute atomic E-state index is 14.5. The monoisotopic (exact) mass is 322 g/mol. The van der Waals surface area contributed by atoms with Crippen LogP contribution in [0.3, 0.4) is 0 Å². The fourth-order valence-electron chi connectivity index (χ4n) is 5.43. The lowest BCUT2D eigenvalue weighted by Crippen LogP contribution is -2.25. The number of allylic oxidation sites excluding steroid dienone is 4. The van der Waals surface area contributed by atoms with Gasteiger partial charge < -0.3 is 4.74 Å². The van der Waals surface area contributed by atoms with E-state index >= 15 is 0 Å². The molecule has 1 saturated carbocycles. The third-order valence-corrected chi connectivity index (χ3v) is 6.20. The highest BCUT2D eigenvalue weighted by Gasteiger charge is 2.82. The van der Waals surface area contributed by atoms with Gasteiger partial charge in [-0.15, -0.1) is 0 Å². The van der Waals surface area contributed by atoms with Gasteiger partial charge in [0.15, 0.2) is 23.3 Å². The van der Waals surface area contributed by atoms with Crippen LogP contribution in [0.15, 0.2) is 24.3 Å². The minimum absolute atomic E-state index is 0.0295. The summed E-state index contributed by atoms with van der Waals surface area (Å²) in [6, 6.07) is 0. The van der Waals surface area contributed by atoms with Gasteiger partial charge in [-0.1, -0.05) is 24.3 Å². The van der Waals surface area contributed by atoms with Crippen LogP contribution in [0.2, 0.25) is 0 Å². The first-order valence-corrected chi connectivity index (χ1v) is 7.74. The van der Waals surface area contributed by atoms with Crippen LogP contribution >= 0.6 is 0 Å². The summed E-state index contributed by atoms with van der Waals surface area (Å²) in [6.45, 7) is 3.73. The minimum atomic E-state index is -1.73. The Bertz CT molecular complexity index is 766. The van der Waals surface area contributed by atoms with E-state index in [0.29, 0.717) is 0 Å².